The van der Waals surface area contributed by atoms with Crippen molar-refractivity contribution in [1.29, 1.82) is 0 Å². The molecule has 0 amide bonds. The largest absolute Gasteiger partial charge is 0.407 e. The number of aryl methyl sites for hydroxylation is 1. The fraction of sp³-hybridized carbons (Fsp3) is 0.379. The molecule has 7 heteroatoms. The van der Waals surface area contributed by atoms with Gasteiger partial charge in [-0.15, -0.1) is 0 Å². The van der Waals surface area contributed by atoms with Crippen molar-refractivity contribution >= 4 is 28.8 Å². The highest BCUT2D eigenvalue weighted by atomic mass is 32.2. The number of benzene rings is 3. The maximum Gasteiger partial charge on any atom is 0.297 e. The van der Waals surface area contributed by atoms with Crippen molar-refractivity contribution in [2.75, 3.05) is 13.2 Å². The molecule has 3 aromatic carbocycles. The smallest absolute Gasteiger partial charge is 0.297 e. The summed E-state index contributed by atoms with van der Waals surface area (Å²) in [6.45, 7) is 11.3. The van der Waals surface area contributed by atoms with Gasteiger partial charge < -0.3 is 9.16 Å². The zero-order chi connectivity index (χ0) is 26.0. The molecule has 0 bridgehead atoms. The Morgan fingerprint density at radius 2 is 1.42 bits per heavy atom. The minimum absolute atomic E-state index is 0.00439. The summed E-state index contributed by atoms with van der Waals surface area (Å²) in [7, 11) is -6.44. The van der Waals surface area contributed by atoms with E-state index in [0.29, 0.717) is 6.61 Å². The van der Waals surface area contributed by atoms with E-state index >= 15 is 0 Å². The van der Waals surface area contributed by atoms with Gasteiger partial charge in [0, 0.05) is 12.5 Å². The molecule has 0 aliphatic carbocycles. The molecule has 1 unspecified atom stereocenters. The number of epoxide rings is 1. The van der Waals surface area contributed by atoms with E-state index in [4.69, 9.17) is 13.3 Å². The first-order chi connectivity index (χ1) is 17.0. The fourth-order valence-electron chi connectivity index (χ4n) is 4.83. The Bertz CT molecular complexity index is 1200. The Morgan fingerprint density at radius 1 is 0.889 bits per heavy atom. The molecular weight excluding hydrogens is 488 g/mol. The van der Waals surface area contributed by atoms with Gasteiger partial charge >= 0.3 is 0 Å². The summed E-state index contributed by atoms with van der Waals surface area (Å²) in [4.78, 5) is 0.161. The molecule has 1 fully saturated rings. The predicted molar refractivity (Wildman–Crippen MR) is 146 cm³/mol. The van der Waals surface area contributed by atoms with E-state index < -0.39 is 18.4 Å². The van der Waals surface area contributed by atoms with Gasteiger partial charge in [0.05, 0.1) is 17.6 Å². The van der Waals surface area contributed by atoms with Crippen LogP contribution in [0.25, 0.3) is 0 Å². The molecule has 1 saturated heterocycles. The molecule has 0 aromatic heterocycles. The maximum absolute atomic E-state index is 12.5. The van der Waals surface area contributed by atoms with Gasteiger partial charge in [0.2, 0.25) is 0 Å². The Kier molecular flexibility index (Phi) is 7.88. The van der Waals surface area contributed by atoms with E-state index in [1.54, 1.807) is 24.3 Å². The maximum atomic E-state index is 12.5. The fourth-order valence-corrected chi connectivity index (χ4v) is 10.4. The molecule has 0 saturated carbocycles. The second kappa shape index (κ2) is 10.6. The van der Waals surface area contributed by atoms with Gasteiger partial charge in [0.1, 0.15) is 6.10 Å². The van der Waals surface area contributed by atoms with Gasteiger partial charge in [0.15, 0.2) is 0 Å². The monoisotopic (exact) mass is 524 g/mol. The van der Waals surface area contributed by atoms with Gasteiger partial charge in [-0.25, -0.2) is 0 Å². The van der Waals surface area contributed by atoms with Crippen molar-refractivity contribution in [2.24, 2.45) is 5.92 Å². The molecule has 3 atom stereocenters. The average Bonchev–Trinajstić information content (AvgIpc) is 3.64. The number of hydrogen-bond donors (Lipinski definition) is 0. The van der Waals surface area contributed by atoms with Gasteiger partial charge in [-0.3, -0.25) is 4.18 Å². The number of rotatable bonds is 10. The van der Waals surface area contributed by atoms with Crippen LogP contribution in [0.4, 0.5) is 0 Å². The lowest BCUT2D eigenvalue weighted by atomic mass is 10.1. The Balaban J connectivity index is 1.45. The van der Waals surface area contributed by atoms with E-state index in [1.807, 2.05) is 19.1 Å². The summed E-state index contributed by atoms with van der Waals surface area (Å²) in [6, 6.07) is 27.7. The third-order valence-corrected chi connectivity index (χ3v) is 13.2. The third kappa shape index (κ3) is 5.66. The molecule has 36 heavy (non-hydrogen) atoms. The summed E-state index contributed by atoms with van der Waals surface area (Å²) < 4.78 is 43.2. The van der Waals surface area contributed by atoms with Crippen LogP contribution in [0, 0.1) is 12.8 Å². The summed E-state index contributed by atoms with van der Waals surface area (Å²) in [6.07, 6.45) is -0.362. The van der Waals surface area contributed by atoms with E-state index in [9.17, 15) is 8.42 Å². The normalized spacial score (nSPS) is 19.1. The second-order valence-electron chi connectivity index (χ2n) is 10.6. The third-order valence-electron chi connectivity index (χ3n) is 6.86. The standard InChI is InChI=1S/C29H36O5SSi/c1-22-16-18-24(19-17-22)35(30,31)32-21-27-28(34-27)23(2)20-33-36(29(3,4)5,25-12-8-6-9-13-25)26-14-10-7-11-15-26/h6-19,23,27-28H,20-21H2,1-5H3/t23?,27-,28-/m1/s1. The van der Waals surface area contributed by atoms with Crippen molar-refractivity contribution < 1.29 is 21.8 Å². The van der Waals surface area contributed by atoms with Crippen LogP contribution in [-0.4, -0.2) is 42.2 Å². The zero-order valence-electron chi connectivity index (χ0n) is 21.7. The summed E-state index contributed by atoms with van der Waals surface area (Å²) >= 11 is 0. The first kappa shape index (κ1) is 26.8. The lowest BCUT2D eigenvalue weighted by Gasteiger charge is -2.43. The van der Waals surface area contributed by atoms with E-state index in [1.165, 1.54) is 10.4 Å². The van der Waals surface area contributed by atoms with Crippen molar-refractivity contribution in [3.05, 3.63) is 90.5 Å². The van der Waals surface area contributed by atoms with E-state index in [2.05, 4.69) is 76.2 Å². The van der Waals surface area contributed by atoms with Gasteiger partial charge in [-0.05, 0) is 34.5 Å². The topological polar surface area (TPSA) is 65.1 Å². The van der Waals surface area contributed by atoms with Crippen molar-refractivity contribution in [1.82, 2.24) is 0 Å². The van der Waals surface area contributed by atoms with Crippen LogP contribution >= 0.6 is 0 Å². The minimum atomic E-state index is -3.81. The van der Waals surface area contributed by atoms with Crippen molar-refractivity contribution in [3.8, 4) is 0 Å². The quantitative estimate of drug-likeness (QED) is 0.219. The molecule has 0 spiro atoms. The van der Waals surface area contributed by atoms with Gasteiger partial charge in [-0.1, -0.05) is 106 Å². The molecule has 0 radical (unpaired) electrons. The van der Waals surface area contributed by atoms with Crippen LogP contribution in [-0.2, 0) is 23.5 Å². The zero-order valence-corrected chi connectivity index (χ0v) is 23.5. The lowest BCUT2D eigenvalue weighted by molar-refractivity contribution is 0.210. The highest BCUT2D eigenvalue weighted by Gasteiger charge is 2.51. The molecule has 192 valence electrons. The van der Waals surface area contributed by atoms with Crippen molar-refractivity contribution in [3.63, 3.8) is 0 Å². The molecular formula is C29H36O5SSi. The molecule has 1 heterocycles. The highest BCUT2D eigenvalue weighted by Crippen LogP contribution is 2.38. The molecule has 1 aliphatic rings. The average molecular weight is 525 g/mol. The van der Waals surface area contributed by atoms with Crippen LogP contribution in [0.15, 0.2) is 89.8 Å². The van der Waals surface area contributed by atoms with Crippen LogP contribution in [0.3, 0.4) is 0 Å². The molecule has 4 rings (SSSR count). The Morgan fingerprint density at radius 3 is 1.92 bits per heavy atom. The predicted octanol–water partition coefficient (Wildman–Crippen LogP) is 4.68. The minimum Gasteiger partial charge on any atom is -0.407 e. The van der Waals surface area contributed by atoms with Gasteiger partial charge in [-0.2, -0.15) is 8.42 Å². The summed E-state index contributed by atoms with van der Waals surface area (Å²) in [5.74, 6) is 0.0855. The lowest BCUT2D eigenvalue weighted by Crippen LogP contribution is -2.67. The Hall–Kier alpha value is -2.29. The SMILES string of the molecule is Cc1ccc(S(=O)(=O)OC[C@H]2O[C@@H]2C(C)CO[Si](c2ccccc2)(c2ccccc2)C(C)(C)C)cc1. The molecule has 5 nitrogen and oxygen atoms in total. The summed E-state index contributed by atoms with van der Waals surface area (Å²) in [5.41, 5.74) is 0.995. The van der Waals surface area contributed by atoms with Crippen LogP contribution in [0.2, 0.25) is 5.04 Å². The second-order valence-corrected chi connectivity index (χ2v) is 16.6. The summed E-state index contributed by atoms with van der Waals surface area (Å²) in [5, 5.41) is 2.36. The molecule has 1 aliphatic heterocycles. The number of ether oxygens (including phenoxy) is 1. The van der Waals surface area contributed by atoms with Crippen LogP contribution in [0.1, 0.15) is 33.3 Å². The van der Waals surface area contributed by atoms with Crippen LogP contribution in [0.5, 0.6) is 0 Å². The van der Waals surface area contributed by atoms with Gasteiger partial charge in [0.25, 0.3) is 18.4 Å². The number of hydrogen-bond acceptors (Lipinski definition) is 5. The molecule has 3 aromatic rings. The van der Waals surface area contributed by atoms with Crippen molar-refractivity contribution in [2.45, 2.75) is 56.8 Å². The van der Waals surface area contributed by atoms with E-state index in [0.717, 1.165) is 5.56 Å². The van der Waals surface area contributed by atoms with Crippen LogP contribution < -0.4 is 10.4 Å². The Labute approximate surface area is 216 Å². The first-order valence-electron chi connectivity index (χ1n) is 12.4. The first-order valence-corrected chi connectivity index (χ1v) is 15.7. The van der Waals surface area contributed by atoms with E-state index in [-0.39, 0.29) is 34.7 Å². The highest BCUT2D eigenvalue weighted by molar-refractivity contribution is 7.86. The molecule has 0 N–H and O–H groups in total.